The molecule has 1 aromatic carbocycles. The molecule has 0 aromatic heterocycles. The highest BCUT2D eigenvalue weighted by molar-refractivity contribution is 6.87. The Kier molecular flexibility index (Phi) is 13.0. The number of ether oxygens (including phenoxy) is 2. The topological polar surface area (TPSA) is 52.6 Å². The average molecular weight is 967 g/mol. The zero-order valence-electron chi connectivity index (χ0n) is 44.5. The molecule has 4 atom stereocenters. The molecule has 374 valence electrons. The summed E-state index contributed by atoms with van der Waals surface area (Å²) in [5.74, 6) is 33.4. The number of terminal acetylenes is 3. The van der Waals surface area contributed by atoms with Crippen LogP contribution in [0.25, 0.3) is 0 Å². The van der Waals surface area contributed by atoms with Gasteiger partial charge in [-0.25, -0.2) is 9.59 Å². The van der Waals surface area contributed by atoms with Gasteiger partial charge in [-0.3, -0.25) is 0 Å². The van der Waals surface area contributed by atoms with Crippen molar-refractivity contribution in [3.63, 3.8) is 0 Å². The summed E-state index contributed by atoms with van der Waals surface area (Å²) >= 11 is 0. The first-order valence-corrected chi connectivity index (χ1v) is 31.0. The van der Waals surface area contributed by atoms with E-state index >= 15 is 0 Å². The minimum absolute atomic E-state index is 0.0205. The Labute approximate surface area is 430 Å². The van der Waals surface area contributed by atoms with Gasteiger partial charge >= 0.3 is 11.9 Å². The monoisotopic (exact) mass is 967 g/mol. The van der Waals surface area contributed by atoms with E-state index in [-0.39, 0.29) is 44.4 Å². The van der Waals surface area contributed by atoms with Crippen molar-refractivity contribution in [1.82, 2.24) is 0 Å². The number of hydrogen-bond acceptors (Lipinski definition) is 4. The van der Waals surface area contributed by atoms with E-state index in [4.69, 9.17) is 28.7 Å². The fourth-order valence-electron chi connectivity index (χ4n) is 18.5. The summed E-state index contributed by atoms with van der Waals surface area (Å²) in [7, 11) is -1.50. The maximum absolute atomic E-state index is 12.3. The fourth-order valence-corrected chi connectivity index (χ4v) is 19.4. The maximum Gasteiger partial charge on any atom is 0.384 e. The third-order valence-electron chi connectivity index (χ3n) is 21.5. The normalized spacial score (nSPS) is 42.2. The molecule has 0 amide bonds. The fraction of sp³-hybridized carbons (Fsp3) is 0.697. The molecule has 0 spiro atoms. The van der Waals surface area contributed by atoms with E-state index in [1.807, 2.05) is 32.0 Å². The van der Waals surface area contributed by atoms with Crippen molar-refractivity contribution < 1.29 is 19.1 Å². The largest absolute Gasteiger partial charge is 0.456 e. The molecule has 71 heavy (non-hydrogen) atoms. The SMILES string of the molecule is C#CC12CC3C4CC5(C#CC(=O)OCCc6ccccc6)CC3C(C1)C(C5)C4C2.C#CC12CC3CC(C1)CC(C#CC(=O)OCC(C)C)(C3)C2.C#CC12CC3CC(C1)CC(C#C[Si](C)(C)C(C)(C)C)(C3)C2. The van der Waals surface area contributed by atoms with Crippen molar-refractivity contribution in [2.45, 2.75) is 175 Å². The predicted molar refractivity (Wildman–Crippen MR) is 287 cm³/mol. The molecule has 15 fully saturated rings. The molecule has 1 aromatic rings. The second-order valence-electron chi connectivity index (χ2n) is 28.2. The van der Waals surface area contributed by atoms with E-state index < -0.39 is 8.07 Å². The van der Waals surface area contributed by atoms with Crippen LogP contribution < -0.4 is 0 Å². The zero-order chi connectivity index (χ0) is 50.2. The van der Waals surface area contributed by atoms with Gasteiger partial charge in [-0.1, -0.05) is 108 Å². The third kappa shape index (κ3) is 9.72. The molecular formula is C66H82O4Si. The molecule has 4 nitrogen and oxygen atoms in total. The van der Waals surface area contributed by atoms with E-state index in [2.05, 4.69) is 98.9 Å². The van der Waals surface area contributed by atoms with E-state index in [1.54, 1.807) is 0 Å². The number of benzene rings is 1. The zero-order valence-corrected chi connectivity index (χ0v) is 45.5. The molecule has 15 aliphatic rings. The lowest BCUT2D eigenvalue weighted by Gasteiger charge is -2.73. The van der Waals surface area contributed by atoms with Crippen LogP contribution in [-0.4, -0.2) is 33.2 Å². The van der Waals surface area contributed by atoms with Gasteiger partial charge in [-0.2, -0.15) is 0 Å². The van der Waals surface area contributed by atoms with Crippen LogP contribution in [-0.2, 0) is 25.5 Å². The van der Waals surface area contributed by atoms with Crippen molar-refractivity contribution in [1.29, 1.82) is 0 Å². The minimum Gasteiger partial charge on any atom is -0.456 e. The Balaban J connectivity index is 0.000000126. The summed E-state index contributed by atoms with van der Waals surface area (Å²) in [5, 5.41) is 0.353. The van der Waals surface area contributed by atoms with Gasteiger partial charge in [0, 0.05) is 50.8 Å². The van der Waals surface area contributed by atoms with Gasteiger partial charge in [0.15, 0.2) is 0 Å². The number of esters is 2. The molecule has 16 rings (SSSR count). The molecule has 0 aliphatic heterocycles. The van der Waals surface area contributed by atoms with Gasteiger partial charge in [0.2, 0.25) is 0 Å². The predicted octanol–water partition coefficient (Wildman–Crippen LogP) is 13.2. The van der Waals surface area contributed by atoms with E-state index in [9.17, 15) is 9.59 Å². The standard InChI is InChI=1S/C27H28O2.C20H30Si.C19H24O2/c1-2-26-12-19-22-15-27(16-23(19)21(14-26)24(17-27)20(22)13-26)10-8-25(28)29-11-9-18-6-4-3-5-7-18;1-7-19-11-16-10-17(12-19)14-20(13-16,15-19)8-9-21(5,6)18(2,3)4;1-4-18-8-15-7-16(9-18)11-19(10-15,13-18)6-5-17(20)21-12-14(2)3/h1,3-7,19-24H,9,11-17H2;1,16-17H,10-15H2,2-6H3;1,14-16H,7-13H2,2-3H3. The molecule has 0 radical (unpaired) electrons. The first-order chi connectivity index (χ1) is 33.6. The van der Waals surface area contributed by atoms with Crippen LogP contribution in [0.1, 0.15) is 156 Å². The third-order valence-corrected chi connectivity index (χ3v) is 26.0. The van der Waals surface area contributed by atoms with E-state index in [1.165, 1.54) is 102 Å². The van der Waals surface area contributed by atoms with Crippen LogP contribution in [0, 0.1) is 170 Å². The first-order valence-electron chi connectivity index (χ1n) is 28.0. The van der Waals surface area contributed by atoms with Gasteiger partial charge < -0.3 is 9.47 Å². The molecule has 5 heteroatoms. The van der Waals surface area contributed by atoms with Gasteiger partial charge in [0.1, 0.15) is 8.07 Å². The molecule has 0 saturated heterocycles. The van der Waals surface area contributed by atoms with E-state index in [0.717, 1.165) is 73.0 Å². The van der Waals surface area contributed by atoms with Crippen molar-refractivity contribution in [2.24, 2.45) is 97.6 Å². The van der Waals surface area contributed by atoms with Crippen molar-refractivity contribution >= 4 is 20.0 Å². The van der Waals surface area contributed by atoms with Crippen molar-refractivity contribution in [3.05, 3.63) is 35.9 Å². The van der Waals surface area contributed by atoms with Gasteiger partial charge in [0.05, 0.1) is 13.2 Å². The van der Waals surface area contributed by atoms with Crippen LogP contribution in [0.3, 0.4) is 0 Å². The van der Waals surface area contributed by atoms with Crippen LogP contribution >= 0.6 is 0 Å². The summed E-state index contributed by atoms with van der Waals surface area (Å²) in [5.41, 5.74) is 5.79. The number of carbonyl (C=O) groups is 2. The highest BCUT2D eigenvalue weighted by atomic mass is 28.3. The second kappa shape index (κ2) is 18.3. The van der Waals surface area contributed by atoms with Crippen LogP contribution in [0.4, 0.5) is 0 Å². The van der Waals surface area contributed by atoms with E-state index in [0.29, 0.717) is 36.0 Å². The molecule has 15 saturated carbocycles. The van der Waals surface area contributed by atoms with Crippen LogP contribution in [0.2, 0.25) is 18.1 Å². The number of rotatable bonds is 5. The minimum atomic E-state index is -1.50. The van der Waals surface area contributed by atoms with Crippen LogP contribution in [0.15, 0.2) is 30.3 Å². The summed E-state index contributed by atoms with van der Waals surface area (Å²) in [4.78, 5) is 24.0. The maximum atomic E-state index is 12.3. The lowest BCUT2D eigenvalue weighted by molar-refractivity contribution is -0.233. The molecule has 15 aliphatic carbocycles. The molecule has 0 N–H and O–H groups in total. The quantitative estimate of drug-likeness (QED) is 0.128. The lowest BCUT2D eigenvalue weighted by Crippen LogP contribution is -2.67. The molecule has 4 unspecified atom stereocenters. The van der Waals surface area contributed by atoms with Crippen molar-refractivity contribution in [3.8, 4) is 72.2 Å². The lowest BCUT2D eigenvalue weighted by atomic mass is 9.31. The molecule has 0 heterocycles. The second-order valence-corrected chi connectivity index (χ2v) is 33.2. The number of hydrogen-bond donors (Lipinski definition) is 0. The van der Waals surface area contributed by atoms with Gasteiger partial charge in [-0.05, 0) is 191 Å². The highest BCUT2D eigenvalue weighted by Gasteiger charge is 2.70. The average Bonchev–Trinajstić information content (AvgIpc) is 3.32. The Morgan fingerprint density at radius 1 is 0.577 bits per heavy atom. The highest BCUT2D eigenvalue weighted by Crippen LogP contribution is 2.76. The van der Waals surface area contributed by atoms with Gasteiger partial charge in [0.25, 0.3) is 0 Å². The summed E-state index contributed by atoms with van der Waals surface area (Å²) in [6.07, 6.45) is 40.5. The van der Waals surface area contributed by atoms with Crippen molar-refractivity contribution in [2.75, 3.05) is 13.2 Å². The number of carbonyl (C=O) groups excluding carboxylic acids is 2. The summed E-state index contributed by atoms with van der Waals surface area (Å²) in [6.45, 7) is 16.8. The van der Waals surface area contributed by atoms with Gasteiger partial charge in [-0.15, -0.1) is 30.7 Å². The Morgan fingerprint density at radius 3 is 1.39 bits per heavy atom. The van der Waals surface area contributed by atoms with Crippen LogP contribution in [0.5, 0.6) is 0 Å². The Hall–Kier alpha value is -4.26. The molecular weight excluding hydrogens is 885 g/mol. The smallest absolute Gasteiger partial charge is 0.384 e. The molecule has 16 bridgehead atoms. The Morgan fingerprint density at radius 2 is 0.972 bits per heavy atom. The Bertz CT molecular complexity index is 2490. The first kappa shape index (κ1) is 50.3. The summed E-state index contributed by atoms with van der Waals surface area (Å²) < 4.78 is 10.6. The summed E-state index contributed by atoms with van der Waals surface area (Å²) in [6, 6.07) is 10.1.